The van der Waals surface area contributed by atoms with Gasteiger partial charge in [0.2, 0.25) is 10.0 Å². The number of fused-ring (bicyclic) bond motifs is 1. The van der Waals surface area contributed by atoms with E-state index in [0.29, 0.717) is 31.3 Å². The number of hydrogen-bond acceptors (Lipinski definition) is 5. The van der Waals surface area contributed by atoms with E-state index < -0.39 is 10.0 Å². The van der Waals surface area contributed by atoms with E-state index in [4.69, 9.17) is 9.47 Å². The highest BCUT2D eigenvalue weighted by Crippen LogP contribution is 2.36. The van der Waals surface area contributed by atoms with Gasteiger partial charge in [-0.1, -0.05) is 6.07 Å². The zero-order chi connectivity index (χ0) is 13.7. The molecule has 1 aliphatic heterocycles. The molecule has 0 radical (unpaired) electrons. The lowest BCUT2D eigenvalue weighted by atomic mass is 10.3. The van der Waals surface area contributed by atoms with Crippen LogP contribution >= 0.6 is 12.4 Å². The van der Waals surface area contributed by atoms with E-state index in [1.54, 1.807) is 12.1 Å². The minimum absolute atomic E-state index is 0. The minimum atomic E-state index is -3.56. The second kappa shape index (κ2) is 7.68. The molecule has 8 heteroatoms. The number of para-hydroxylation sites is 1. The molecule has 0 spiro atoms. The van der Waals surface area contributed by atoms with Crippen LogP contribution in [0.2, 0.25) is 0 Å². The van der Waals surface area contributed by atoms with Crippen LogP contribution in [0.15, 0.2) is 23.1 Å². The topological polar surface area (TPSA) is 76.7 Å². The molecule has 2 rings (SSSR count). The fourth-order valence-corrected chi connectivity index (χ4v) is 3.04. The lowest BCUT2D eigenvalue weighted by Gasteiger charge is -2.20. The van der Waals surface area contributed by atoms with Gasteiger partial charge in [0, 0.05) is 6.54 Å². The molecule has 0 saturated carbocycles. The van der Waals surface area contributed by atoms with E-state index in [0.717, 1.165) is 13.0 Å². The first-order valence-electron chi connectivity index (χ1n) is 6.18. The first-order chi connectivity index (χ1) is 9.15. The lowest BCUT2D eigenvalue weighted by Crippen LogP contribution is -2.28. The molecule has 1 aromatic carbocycles. The Hall–Kier alpha value is -1.02. The van der Waals surface area contributed by atoms with E-state index in [1.165, 1.54) is 6.07 Å². The minimum Gasteiger partial charge on any atom is -0.486 e. The highest BCUT2D eigenvalue weighted by atomic mass is 35.5. The third-order valence-corrected chi connectivity index (χ3v) is 4.20. The van der Waals surface area contributed by atoms with Gasteiger partial charge in [0.1, 0.15) is 18.1 Å². The second-order valence-corrected chi connectivity index (χ2v) is 5.87. The highest BCUT2D eigenvalue weighted by Gasteiger charge is 2.24. The number of hydrogen-bond donors (Lipinski definition) is 2. The molecule has 0 aromatic heterocycles. The van der Waals surface area contributed by atoms with Crippen LogP contribution < -0.4 is 19.5 Å². The highest BCUT2D eigenvalue weighted by molar-refractivity contribution is 7.89. The fraction of sp³-hybridized carbons (Fsp3) is 0.500. The normalized spacial score (nSPS) is 13.7. The molecule has 114 valence electrons. The maximum atomic E-state index is 12.2. The maximum absolute atomic E-state index is 12.2. The largest absolute Gasteiger partial charge is 0.486 e. The van der Waals surface area contributed by atoms with Crippen LogP contribution in [-0.2, 0) is 10.0 Å². The summed E-state index contributed by atoms with van der Waals surface area (Å²) in [5, 5.41) is 2.96. The molecular formula is C12H19ClN2O4S. The van der Waals surface area contributed by atoms with Crippen molar-refractivity contribution in [2.75, 3.05) is 33.4 Å². The molecule has 0 unspecified atom stereocenters. The van der Waals surface area contributed by atoms with Gasteiger partial charge in [-0.05, 0) is 32.1 Å². The van der Waals surface area contributed by atoms with Crippen molar-refractivity contribution in [1.82, 2.24) is 10.0 Å². The molecule has 1 heterocycles. The molecule has 1 aromatic rings. The smallest absolute Gasteiger partial charge is 0.244 e. The Balaban J connectivity index is 0.00000200. The summed E-state index contributed by atoms with van der Waals surface area (Å²) >= 11 is 0. The molecule has 0 bridgehead atoms. The Bertz CT molecular complexity index is 536. The van der Waals surface area contributed by atoms with Gasteiger partial charge in [0.15, 0.2) is 11.5 Å². The van der Waals surface area contributed by atoms with Crippen molar-refractivity contribution < 1.29 is 17.9 Å². The maximum Gasteiger partial charge on any atom is 0.244 e. The molecule has 0 atom stereocenters. The van der Waals surface area contributed by atoms with Gasteiger partial charge in [0.05, 0.1) is 0 Å². The third-order valence-electron chi connectivity index (χ3n) is 2.72. The summed E-state index contributed by atoms with van der Waals surface area (Å²) in [5.41, 5.74) is 0. The van der Waals surface area contributed by atoms with Crippen LogP contribution in [0, 0.1) is 0 Å². The summed E-state index contributed by atoms with van der Waals surface area (Å²) in [6.07, 6.45) is 0.724. The predicted octanol–water partition coefficient (Wildman–Crippen LogP) is 0.767. The first kappa shape index (κ1) is 17.0. The van der Waals surface area contributed by atoms with Crippen molar-refractivity contribution in [3.05, 3.63) is 18.2 Å². The number of halogens is 1. The van der Waals surface area contributed by atoms with Crippen LogP contribution in [0.25, 0.3) is 0 Å². The Labute approximate surface area is 125 Å². The van der Waals surface area contributed by atoms with Crippen LogP contribution in [0.1, 0.15) is 6.42 Å². The van der Waals surface area contributed by atoms with E-state index in [9.17, 15) is 8.42 Å². The predicted molar refractivity (Wildman–Crippen MR) is 78.4 cm³/mol. The Morgan fingerprint density at radius 1 is 1.20 bits per heavy atom. The van der Waals surface area contributed by atoms with E-state index in [2.05, 4.69) is 10.0 Å². The third kappa shape index (κ3) is 3.99. The molecule has 0 aliphatic carbocycles. The van der Waals surface area contributed by atoms with E-state index >= 15 is 0 Å². The van der Waals surface area contributed by atoms with Gasteiger partial charge < -0.3 is 14.8 Å². The average molecular weight is 323 g/mol. The lowest BCUT2D eigenvalue weighted by molar-refractivity contribution is 0.167. The zero-order valence-corrected chi connectivity index (χ0v) is 12.9. The Morgan fingerprint density at radius 2 is 1.95 bits per heavy atom. The zero-order valence-electron chi connectivity index (χ0n) is 11.2. The number of rotatable bonds is 6. The van der Waals surface area contributed by atoms with Crippen LogP contribution in [0.5, 0.6) is 11.5 Å². The van der Waals surface area contributed by atoms with Crippen molar-refractivity contribution >= 4 is 22.4 Å². The van der Waals surface area contributed by atoms with Crippen molar-refractivity contribution in [1.29, 1.82) is 0 Å². The number of sulfonamides is 1. The second-order valence-electron chi connectivity index (χ2n) is 4.14. The molecule has 2 N–H and O–H groups in total. The summed E-state index contributed by atoms with van der Waals surface area (Å²) in [5.74, 6) is 0.777. The van der Waals surface area contributed by atoms with Crippen molar-refractivity contribution in [2.45, 2.75) is 11.3 Å². The number of benzene rings is 1. The van der Waals surface area contributed by atoms with Crippen LogP contribution in [0.3, 0.4) is 0 Å². The standard InChI is InChI=1S/C12H18N2O4S.ClH/c1-13-6-3-7-14-19(15,16)11-5-2-4-10-12(11)18-9-8-17-10;/h2,4-5,13-14H,3,6-9H2,1H3;1H. The van der Waals surface area contributed by atoms with Gasteiger partial charge in [-0.15, -0.1) is 12.4 Å². The fourth-order valence-electron chi connectivity index (χ4n) is 1.81. The summed E-state index contributed by atoms with van der Waals surface area (Å²) < 4.78 is 37.7. The Kier molecular flexibility index (Phi) is 6.54. The van der Waals surface area contributed by atoms with Gasteiger partial charge in [0.25, 0.3) is 0 Å². The van der Waals surface area contributed by atoms with E-state index in [-0.39, 0.29) is 17.3 Å². The number of ether oxygens (including phenoxy) is 2. The molecule has 0 fully saturated rings. The Morgan fingerprint density at radius 3 is 2.70 bits per heavy atom. The quantitative estimate of drug-likeness (QED) is 0.756. The molecule has 0 amide bonds. The first-order valence-corrected chi connectivity index (χ1v) is 7.66. The summed E-state index contributed by atoms with van der Waals surface area (Å²) in [6, 6.07) is 4.87. The van der Waals surface area contributed by atoms with Gasteiger partial charge >= 0.3 is 0 Å². The monoisotopic (exact) mass is 322 g/mol. The van der Waals surface area contributed by atoms with Gasteiger partial charge in [-0.3, -0.25) is 0 Å². The summed E-state index contributed by atoms with van der Waals surface area (Å²) in [4.78, 5) is 0.133. The summed E-state index contributed by atoms with van der Waals surface area (Å²) in [6.45, 7) is 1.94. The van der Waals surface area contributed by atoms with E-state index in [1.807, 2.05) is 7.05 Å². The van der Waals surface area contributed by atoms with Gasteiger partial charge in [-0.25, -0.2) is 13.1 Å². The van der Waals surface area contributed by atoms with Crippen LogP contribution in [0.4, 0.5) is 0 Å². The van der Waals surface area contributed by atoms with Crippen molar-refractivity contribution in [3.8, 4) is 11.5 Å². The molecule has 1 aliphatic rings. The molecule has 0 saturated heterocycles. The van der Waals surface area contributed by atoms with Crippen molar-refractivity contribution in [2.24, 2.45) is 0 Å². The SMILES string of the molecule is CNCCCNS(=O)(=O)c1cccc2c1OCCO2.Cl. The molecule has 6 nitrogen and oxygen atoms in total. The molecular weight excluding hydrogens is 304 g/mol. The average Bonchev–Trinajstić information content (AvgIpc) is 2.43. The number of nitrogens with one attached hydrogen (secondary N) is 2. The van der Waals surface area contributed by atoms with Crippen molar-refractivity contribution in [3.63, 3.8) is 0 Å². The summed E-state index contributed by atoms with van der Waals surface area (Å²) in [7, 11) is -1.74. The molecule has 20 heavy (non-hydrogen) atoms. The van der Waals surface area contributed by atoms with Crippen LogP contribution in [-0.4, -0.2) is 41.8 Å². The van der Waals surface area contributed by atoms with Gasteiger partial charge in [-0.2, -0.15) is 0 Å².